The van der Waals surface area contributed by atoms with Gasteiger partial charge >= 0.3 is 0 Å². The largest absolute Gasteiger partial charge is 0.345 e. The molecule has 0 atom stereocenters. The van der Waals surface area contributed by atoms with Crippen LogP contribution < -0.4 is 0 Å². The van der Waals surface area contributed by atoms with Gasteiger partial charge in [-0.1, -0.05) is 24.3 Å². The lowest BCUT2D eigenvalue weighted by atomic mass is 10.2. The zero-order valence-corrected chi connectivity index (χ0v) is 15.3. The fourth-order valence-electron chi connectivity index (χ4n) is 2.81. The zero-order valence-electron chi connectivity index (χ0n) is 14.5. The van der Waals surface area contributed by atoms with Crippen LogP contribution in [0, 0.1) is 5.82 Å². The maximum atomic E-state index is 13.1. The normalized spacial score (nSPS) is 10.7. The number of hydrogen-bond acceptors (Lipinski definition) is 2. The van der Waals surface area contributed by atoms with Crippen LogP contribution in [0.5, 0.6) is 0 Å². The molecular weight excluding hydrogens is 347 g/mol. The molecule has 134 valence electrons. The molecule has 3 rings (SSSR count). The van der Waals surface area contributed by atoms with E-state index >= 15 is 0 Å². The van der Waals surface area contributed by atoms with Crippen LogP contribution in [0.4, 0.5) is 4.39 Å². The van der Waals surface area contributed by atoms with E-state index in [4.69, 9.17) is 0 Å². The first-order chi connectivity index (χ1) is 12.7. The molecule has 3 nitrogen and oxygen atoms in total. The average molecular weight is 368 g/mol. The van der Waals surface area contributed by atoms with Crippen LogP contribution in [0.25, 0.3) is 0 Å². The second-order valence-electron chi connectivity index (χ2n) is 6.07. The Morgan fingerprint density at radius 1 is 1.19 bits per heavy atom. The SMILES string of the molecule is C=CCN(Cc1cccn1Cc1ccc(F)cc1)C(=O)Cc1cccs1. The van der Waals surface area contributed by atoms with Crippen molar-refractivity contribution in [1.29, 1.82) is 0 Å². The second kappa shape index (κ2) is 8.63. The Hall–Kier alpha value is -2.66. The molecule has 0 aliphatic rings. The summed E-state index contributed by atoms with van der Waals surface area (Å²) in [6, 6.07) is 14.4. The Kier molecular flexibility index (Phi) is 6.02. The first-order valence-electron chi connectivity index (χ1n) is 8.45. The maximum Gasteiger partial charge on any atom is 0.228 e. The van der Waals surface area contributed by atoms with Gasteiger partial charge in [0.2, 0.25) is 5.91 Å². The van der Waals surface area contributed by atoms with Crippen LogP contribution in [0.1, 0.15) is 16.1 Å². The lowest BCUT2D eigenvalue weighted by Gasteiger charge is -2.22. The van der Waals surface area contributed by atoms with Gasteiger partial charge in [0.1, 0.15) is 5.82 Å². The molecule has 0 aliphatic heterocycles. The zero-order chi connectivity index (χ0) is 18.4. The van der Waals surface area contributed by atoms with E-state index in [0.717, 1.165) is 16.1 Å². The van der Waals surface area contributed by atoms with Gasteiger partial charge in [-0.3, -0.25) is 4.79 Å². The van der Waals surface area contributed by atoms with Gasteiger partial charge in [0.15, 0.2) is 0 Å². The number of rotatable bonds is 8. The van der Waals surface area contributed by atoms with Crippen molar-refractivity contribution in [2.24, 2.45) is 0 Å². The van der Waals surface area contributed by atoms with E-state index in [-0.39, 0.29) is 11.7 Å². The first kappa shape index (κ1) is 18.1. The molecule has 0 saturated heterocycles. The van der Waals surface area contributed by atoms with Gasteiger partial charge < -0.3 is 9.47 Å². The minimum absolute atomic E-state index is 0.0851. The number of thiophene rings is 1. The molecule has 26 heavy (non-hydrogen) atoms. The van der Waals surface area contributed by atoms with Crippen LogP contribution in [-0.4, -0.2) is 21.9 Å². The number of aromatic nitrogens is 1. The Labute approximate surface area is 157 Å². The van der Waals surface area contributed by atoms with Gasteiger partial charge in [0, 0.05) is 29.9 Å². The van der Waals surface area contributed by atoms with Crippen LogP contribution in [0.15, 0.2) is 72.8 Å². The van der Waals surface area contributed by atoms with Crippen molar-refractivity contribution < 1.29 is 9.18 Å². The molecule has 0 unspecified atom stereocenters. The molecule has 2 heterocycles. The molecule has 0 bridgehead atoms. The number of halogens is 1. The Bertz CT molecular complexity index is 853. The van der Waals surface area contributed by atoms with E-state index in [1.165, 1.54) is 12.1 Å². The van der Waals surface area contributed by atoms with E-state index in [9.17, 15) is 9.18 Å². The van der Waals surface area contributed by atoms with Crippen molar-refractivity contribution in [1.82, 2.24) is 9.47 Å². The summed E-state index contributed by atoms with van der Waals surface area (Å²) in [6.45, 7) is 5.44. The number of carbonyl (C=O) groups is 1. The van der Waals surface area contributed by atoms with Gasteiger partial charge in [-0.2, -0.15) is 0 Å². The number of carbonyl (C=O) groups excluding carboxylic acids is 1. The summed E-state index contributed by atoms with van der Waals surface area (Å²) in [5, 5.41) is 1.98. The van der Waals surface area contributed by atoms with Gasteiger partial charge in [-0.05, 0) is 41.3 Å². The molecule has 2 aromatic heterocycles. The quantitative estimate of drug-likeness (QED) is 0.538. The van der Waals surface area contributed by atoms with Crippen LogP contribution in [0.2, 0.25) is 0 Å². The van der Waals surface area contributed by atoms with Crippen molar-refractivity contribution >= 4 is 17.2 Å². The molecule has 0 N–H and O–H groups in total. The van der Waals surface area contributed by atoms with E-state index in [0.29, 0.717) is 26.1 Å². The van der Waals surface area contributed by atoms with E-state index < -0.39 is 0 Å². The van der Waals surface area contributed by atoms with Crippen molar-refractivity contribution in [2.75, 3.05) is 6.54 Å². The third-order valence-electron chi connectivity index (χ3n) is 4.15. The fraction of sp³-hybridized carbons (Fsp3) is 0.190. The highest BCUT2D eigenvalue weighted by Gasteiger charge is 2.15. The Balaban J connectivity index is 1.71. The van der Waals surface area contributed by atoms with Crippen molar-refractivity contribution in [3.63, 3.8) is 0 Å². The monoisotopic (exact) mass is 368 g/mol. The number of nitrogens with zero attached hydrogens (tertiary/aromatic N) is 2. The van der Waals surface area contributed by atoms with Gasteiger partial charge in [0.05, 0.1) is 13.0 Å². The number of benzene rings is 1. The molecule has 0 radical (unpaired) electrons. The molecule has 1 amide bonds. The lowest BCUT2D eigenvalue weighted by molar-refractivity contribution is -0.130. The molecule has 3 aromatic rings. The molecule has 0 spiro atoms. The fourth-order valence-corrected chi connectivity index (χ4v) is 3.51. The van der Waals surface area contributed by atoms with Crippen molar-refractivity contribution in [2.45, 2.75) is 19.5 Å². The predicted octanol–water partition coefficient (Wildman–Crippen LogP) is 4.49. The third kappa shape index (κ3) is 4.70. The van der Waals surface area contributed by atoms with Crippen LogP contribution in [0.3, 0.4) is 0 Å². The number of hydrogen-bond donors (Lipinski definition) is 0. The summed E-state index contributed by atoms with van der Waals surface area (Å²) in [5.41, 5.74) is 2.06. The minimum Gasteiger partial charge on any atom is -0.345 e. The first-order valence-corrected chi connectivity index (χ1v) is 9.33. The smallest absolute Gasteiger partial charge is 0.228 e. The summed E-state index contributed by atoms with van der Waals surface area (Å²) in [6.07, 6.45) is 4.14. The van der Waals surface area contributed by atoms with E-state index in [1.807, 2.05) is 40.7 Å². The predicted molar refractivity (Wildman–Crippen MR) is 104 cm³/mol. The van der Waals surface area contributed by atoms with E-state index in [2.05, 4.69) is 11.1 Å². The van der Waals surface area contributed by atoms with Gasteiger partial charge in [-0.15, -0.1) is 17.9 Å². The highest BCUT2D eigenvalue weighted by Crippen LogP contribution is 2.14. The Morgan fingerprint density at radius 3 is 2.69 bits per heavy atom. The maximum absolute atomic E-state index is 13.1. The summed E-state index contributed by atoms with van der Waals surface area (Å²) in [4.78, 5) is 15.5. The molecular formula is C21H21FN2OS. The molecule has 0 fully saturated rings. The van der Waals surface area contributed by atoms with Gasteiger partial charge in [-0.25, -0.2) is 4.39 Å². The summed E-state index contributed by atoms with van der Waals surface area (Å²) in [5.74, 6) is -0.153. The summed E-state index contributed by atoms with van der Waals surface area (Å²) in [7, 11) is 0. The Morgan fingerprint density at radius 2 is 2.00 bits per heavy atom. The van der Waals surface area contributed by atoms with Gasteiger partial charge in [0.25, 0.3) is 0 Å². The highest BCUT2D eigenvalue weighted by atomic mass is 32.1. The molecule has 1 aromatic carbocycles. The molecule has 0 saturated carbocycles. The van der Waals surface area contributed by atoms with Crippen molar-refractivity contribution in [3.05, 3.63) is 94.7 Å². The average Bonchev–Trinajstić information content (AvgIpc) is 3.29. The highest BCUT2D eigenvalue weighted by molar-refractivity contribution is 7.10. The van der Waals surface area contributed by atoms with Crippen LogP contribution >= 0.6 is 11.3 Å². The summed E-state index contributed by atoms with van der Waals surface area (Å²) >= 11 is 1.59. The lowest BCUT2D eigenvalue weighted by Crippen LogP contribution is -2.32. The topological polar surface area (TPSA) is 25.2 Å². The van der Waals surface area contributed by atoms with E-state index in [1.54, 1.807) is 29.5 Å². The number of amides is 1. The second-order valence-corrected chi connectivity index (χ2v) is 7.11. The standard InChI is InChI=1S/C21H21FN2OS/c1-2-11-24(21(25)14-20-6-4-13-26-20)16-19-5-3-12-23(19)15-17-7-9-18(22)10-8-17/h2-10,12-13H,1,11,14-16H2. The summed E-state index contributed by atoms with van der Waals surface area (Å²) < 4.78 is 15.2. The molecule has 0 aliphatic carbocycles. The third-order valence-corrected chi connectivity index (χ3v) is 5.03. The molecule has 5 heteroatoms. The van der Waals surface area contributed by atoms with Crippen molar-refractivity contribution in [3.8, 4) is 0 Å². The minimum atomic E-state index is -0.238. The van der Waals surface area contributed by atoms with Crippen LogP contribution in [-0.2, 0) is 24.3 Å².